The van der Waals surface area contributed by atoms with Crippen molar-refractivity contribution in [3.8, 4) is 5.75 Å². The summed E-state index contributed by atoms with van der Waals surface area (Å²) >= 11 is 2.16. The van der Waals surface area contributed by atoms with Crippen LogP contribution in [0.3, 0.4) is 0 Å². The van der Waals surface area contributed by atoms with Crippen LogP contribution in [0.25, 0.3) is 0 Å². The molecule has 0 aliphatic rings. The smallest absolute Gasteiger partial charge is 0.248 e. The Morgan fingerprint density at radius 1 is 1.50 bits per heavy atom. The molecule has 1 aromatic rings. The second-order valence-electron chi connectivity index (χ2n) is 3.18. The van der Waals surface area contributed by atoms with Gasteiger partial charge in [-0.05, 0) is 54.6 Å². The summed E-state index contributed by atoms with van der Waals surface area (Å²) in [5.41, 5.74) is 5.64. The summed E-state index contributed by atoms with van der Waals surface area (Å²) in [6, 6.07) is 5.18. The van der Waals surface area contributed by atoms with E-state index >= 15 is 0 Å². The fourth-order valence-corrected chi connectivity index (χ4v) is 1.46. The van der Waals surface area contributed by atoms with Crippen LogP contribution in [0.2, 0.25) is 0 Å². The largest absolute Gasteiger partial charge is 0.490 e. The molecule has 1 rings (SSSR count). The topological polar surface area (TPSA) is 52.3 Å². The first kappa shape index (κ1) is 11.3. The predicted octanol–water partition coefficient (Wildman–Crippen LogP) is 2.18. The van der Waals surface area contributed by atoms with Crippen molar-refractivity contribution in [2.24, 2.45) is 5.73 Å². The summed E-state index contributed by atoms with van der Waals surface area (Å²) in [6.07, 6.45) is 0.0895. The van der Waals surface area contributed by atoms with E-state index in [1.165, 1.54) is 0 Å². The van der Waals surface area contributed by atoms with Crippen molar-refractivity contribution in [3.05, 3.63) is 27.3 Å². The Kier molecular flexibility index (Phi) is 3.74. The fraction of sp³-hybridized carbons (Fsp3) is 0.300. The molecule has 0 spiro atoms. The maximum Gasteiger partial charge on any atom is 0.248 e. The highest BCUT2D eigenvalue weighted by Crippen LogP contribution is 2.23. The van der Waals surface area contributed by atoms with Crippen LogP contribution in [0, 0.1) is 3.57 Å². The molecule has 4 heteroatoms. The molecule has 2 N–H and O–H groups in total. The van der Waals surface area contributed by atoms with Crippen LogP contribution in [0.15, 0.2) is 18.2 Å². The maximum absolute atomic E-state index is 10.9. The van der Waals surface area contributed by atoms with Crippen LogP contribution in [-0.2, 0) is 0 Å². The van der Waals surface area contributed by atoms with Gasteiger partial charge in [-0.15, -0.1) is 0 Å². The van der Waals surface area contributed by atoms with Gasteiger partial charge in [0.15, 0.2) is 0 Å². The molecular formula is C10H12INO2. The fourth-order valence-electron chi connectivity index (χ4n) is 1.00. The van der Waals surface area contributed by atoms with Gasteiger partial charge in [0.25, 0.3) is 0 Å². The van der Waals surface area contributed by atoms with Gasteiger partial charge in [-0.1, -0.05) is 0 Å². The van der Waals surface area contributed by atoms with Crippen molar-refractivity contribution in [1.82, 2.24) is 0 Å². The molecule has 0 fully saturated rings. The number of hydrogen-bond donors (Lipinski definition) is 1. The summed E-state index contributed by atoms with van der Waals surface area (Å²) in [5, 5.41) is 0. The molecular weight excluding hydrogens is 293 g/mol. The van der Waals surface area contributed by atoms with Gasteiger partial charge in [-0.2, -0.15) is 0 Å². The Hall–Kier alpha value is -0.780. The number of nitrogens with two attached hydrogens (primary N) is 1. The summed E-state index contributed by atoms with van der Waals surface area (Å²) in [6.45, 7) is 3.88. The standard InChI is InChI=1S/C10H12INO2/c1-6(2)14-9-5-7(10(12)13)3-4-8(9)11/h3-6H,1-2H3,(H2,12,13). The number of carbonyl (C=O) groups is 1. The summed E-state index contributed by atoms with van der Waals surface area (Å²) in [5.74, 6) is 0.270. The number of benzene rings is 1. The van der Waals surface area contributed by atoms with E-state index in [2.05, 4.69) is 22.6 Å². The molecule has 3 nitrogen and oxygen atoms in total. The second kappa shape index (κ2) is 4.63. The normalized spacial score (nSPS) is 10.3. The molecule has 0 aromatic heterocycles. The van der Waals surface area contributed by atoms with E-state index in [4.69, 9.17) is 10.5 Å². The van der Waals surface area contributed by atoms with Crippen LogP contribution in [0.5, 0.6) is 5.75 Å². The van der Waals surface area contributed by atoms with E-state index in [-0.39, 0.29) is 6.10 Å². The minimum atomic E-state index is -0.435. The molecule has 0 atom stereocenters. The number of carbonyl (C=O) groups excluding carboxylic acids is 1. The lowest BCUT2D eigenvalue weighted by Gasteiger charge is -2.11. The molecule has 14 heavy (non-hydrogen) atoms. The Bertz CT molecular complexity index is 350. The SMILES string of the molecule is CC(C)Oc1cc(C(N)=O)ccc1I. The molecule has 0 saturated carbocycles. The van der Waals surface area contributed by atoms with Crippen LogP contribution < -0.4 is 10.5 Å². The Morgan fingerprint density at radius 3 is 2.64 bits per heavy atom. The Labute approximate surface area is 96.8 Å². The van der Waals surface area contributed by atoms with Crippen molar-refractivity contribution in [1.29, 1.82) is 0 Å². The lowest BCUT2D eigenvalue weighted by molar-refractivity contribution is 0.0999. The van der Waals surface area contributed by atoms with Crippen LogP contribution in [-0.4, -0.2) is 12.0 Å². The highest BCUT2D eigenvalue weighted by Gasteiger charge is 2.07. The molecule has 0 radical (unpaired) electrons. The zero-order valence-electron chi connectivity index (χ0n) is 8.08. The van der Waals surface area contributed by atoms with E-state index in [1.54, 1.807) is 12.1 Å². The third kappa shape index (κ3) is 2.87. The van der Waals surface area contributed by atoms with Gasteiger partial charge in [-0.25, -0.2) is 0 Å². The van der Waals surface area contributed by atoms with E-state index in [0.29, 0.717) is 11.3 Å². The monoisotopic (exact) mass is 305 g/mol. The Balaban J connectivity index is 3.02. The van der Waals surface area contributed by atoms with Crippen LogP contribution in [0.4, 0.5) is 0 Å². The van der Waals surface area contributed by atoms with Gasteiger partial charge in [0, 0.05) is 5.56 Å². The highest BCUT2D eigenvalue weighted by atomic mass is 127. The predicted molar refractivity (Wildman–Crippen MR) is 63.4 cm³/mol. The van der Waals surface area contributed by atoms with Gasteiger partial charge in [-0.3, -0.25) is 4.79 Å². The summed E-state index contributed by atoms with van der Waals surface area (Å²) < 4.78 is 6.49. The highest BCUT2D eigenvalue weighted by molar-refractivity contribution is 14.1. The first-order valence-electron chi connectivity index (χ1n) is 4.26. The number of ether oxygens (including phenoxy) is 1. The van der Waals surface area contributed by atoms with E-state index in [1.807, 2.05) is 19.9 Å². The molecule has 0 aliphatic carbocycles. The van der Waals surface area contributed by atoms with Gasteiger partial charge in [0.2, 0.25) is 5.91 Å². The molecule has 0 saturated heterocycles. The van der Waals surface area contributed by atoms with Crippen molar-refractivity contribution in [2.45, 2.75) is 20.0 Å². The third-order valence-electron chi connectivity index (χ3n) is 1.58. The Morgan fingerprint density at radius 2 is 2.14 bits per heavy atom. The molecule has 1 amide bonds. The molecule has 0 unspecified atom stereocenters. The van der Waals surface area contributed by atoms with Gasteiger partial charge >= 0.3 is 0 Å². The lowest BCUT2D eigenvalue weighted by atomic mass is 10.2. The number of amides is 1. The molecule has 0 heterocycles. The van der Waals surface area contributed by atoms with Crippen molar-refractivity contribution >= 4 is 28.5 Å². The second-order valence-corrected chi connectivity index (χ2v) is 4.34. The number of rotatable bonds is 3. The maximum atomic E-state index is 10.9. The lowest BCUT2D eigenvalue weighted by Crippen LogP contribution is -2.12. The molecule has 76 valence electrons. The van der Waals surface area contributed by atoms with Gasteiger partial charge in [0.1, 0.15) is 5.75 Å². The molecule has 1 aromatic carbocycles. The van der Waals surface area contributed by atoms with Crippen molar-refractivity contribution in [2.75, 3.05) is 0 Å². The third-order valence-corrected chi connectivity index (χ3v) is 2.47. The van der Waals surface area contributed by atoms with Crippen LogP contribution >= 0.6 is 22.6 Å². The number of hydrogen-bond acceptors (Lipinski definition) is 2. The molecule has 0 bridgehead atoms. The first-order chi connectivity index (χ1) is 6.50. The number of halogens is 1. The van der Waals surface area contributed by atoms with Gasteiger partial charge in [0.05, 0.1) is 9.67 Å². The molecule has 0 aliphatic heterocycles. The number of primary amides is 1. The first-order valence-corrected chi connectivity index (χ1v) is 5.34. The minimum Gasteiger partial charge on any atom is -0.490 e. The van der Waals surface area contributed by atoms with E-state index in [0.717, 1.165) is 3.57 Å². The quantitative estimate of drug-likeness (QED) is 0.870. The van der Waals surface area contributed by atoms with Crippen LogP contribution in [0.1, 0.15) is 24.2 Å². The zero-order chi connectivity index (χ0) is 10.7. The van der Waals surface area contributed by atoms with Crippen molar-refractivity contribution in [3.63, 3.8) is 0 Å². The average Bonchev–Trinajstić information content (AvgIpc) is 2.07. The zero-order valence-corrected chi connectivity index (χ0v) is 10.2. The average molecular weight is 305 g/mol. The minimum absolute atomic E-state index is 0.0895. The summed E-state index contributed by atoms with van der Waals surface area (Å²) in [4.78, 5) is 10.9. The van der Waals surface area contributed by atoms with Gasteiger partial charge < -0.3 is 10.5 Å². The van der Waals surface area contributed by atoms with E-state index in [9.17, 15) is 4.79 Å². The summed E-state index contributed by atoms with van der Waals surface area (Å²) in [7, 11) is 0. The van der Waals surface area contributed by atoms with E-state index < -0.39 is 5.91 Å². The van der Waals surface area contributed by atoms with Crippen molar-refractivity contribution < 1.29 is 9.53 Å².